The molecule has 156 valence electrons. The van der Waals surface area contributed by atoms with Crippen molar-refractivity contribution in [1.29, 1.82) is 0 Å². The Kier molecular flexibility index (Phi) is 5.13. The first kappa shape index (κ1) is 19.1. The van der Waals surface area contributed by atoms with Crippen molar-refractivity contribution in [1.82, 2.24) is 9.97 Å². The fraction of sp³-hybridized carbons (Fsp3) is 0.680. The molecular formula is C25H36N4. The maximum atomic E-state index is 5.08. The molecule has 4 nitrogen and oxygen atoms in total. The van der Waals surface area contributed by atoms with Crippen molar-refractivity contribution >= 4 is 22.7 Å². The highest BCUT2D eigenvalue weighted by Gasteiger charge is 2.45. The normalized spacial score (nSPS) is 30.9. The summed E-state index contributed by atoms with van der Waals surface area (Å²) in [5, 5.41) is 5.08. The lowest BCUT2D eigenvalue weighted by molar-refractivity contribution is 0.0329. The first-order valence-electron chi connectivity index (χ1n) is 11.9. The van der Waals surface area contributed by atoms with Crippen LogP contribution >= 0.6 is 0 Å². The zero-order valence-corrected chi connectivity index (χ0v) is 18.2. The number of nitrogens with one attached hydrogen (secondary N) is 1. The summed E-state index contributed by atoms with van der Waals surface area (Å²) in [7, 11) is 0. The Morgan fingerprint density at radius 3 is 2.76 bits per heavy atom. The fourth-order valence-electron chi connectivity index (χ4n) is 6.59. The summed E-state index contributed by atoms with van der Waals surface area (Å²) in [4.78, 5) is 12.4. The van der Waals surface area contributed by atoms with E-state index in [4.69, 9.17) is 9.97 Å². The van der Waals surface area contributed by atoms with E-state index in [2.05, 4.69) is 48.3 Å². The summed E-state index contributed by atoms with van der Waals surface area (Å²) < 4.78 is 0. The monoisotopic (exact) mass is 392 g/mol. The molecule has 1 aromatic heterocycles. The average Bonchev–Trinajstić information content (AvgIpc) is 2.74. The number of hydrogen-bond donors (Lipinski definition) is 1. The standard InChI is InChI=1S/C25H36N4/c1-18-15-20-9-8-12-25(16-18,17-20)19(2)26-23-21-10-4-5-11-22(21)27-24(28-23)29-13-6-3-7-14-29/h4-5,10-11,18-20H,3,6-9,12-17H2,1-2H3,(H,26,27,28). The van der Waals surface area contributed by atoms with Crippen molar-refractivity contribution in [2.75, 3.05) is 23.3 Å². The molecule has 4 heteroatoms. The van der Waals surface area contributed by atoms with E-state index >= 15 is 0 Å². The van der Waals surface area contributed by atoms with Crippen molar-refractivity contribution in [2.24, 2.45) is 17.3 Å². The van der Waals surface area contributed by atoms with Crippen LogP contribution in [0, 0.1) is 17.3 Å². The lowest BCUT2D eigenvalue weighted by atomic mass is 9.56. The van der Waals surface area contributed by atoms with Gasteiger partial charge in [-0.05, 0) is 81.3 Å². The Labute approximate surface area is 175 Å². The van der Waals surface area contributed by atoms with Gasteiger partial charge in [0, 0.05) is 24.5 Å². The quantitative estimate of drug-likeness (QED) is 0.690. The summed E-state index contributed by atoms with van der Waals surface area (Å²) in [6, 6.07) is 8.96. The van der Waals surface area contributed by atoms with Crippen molar-refractivity contribution in [3.8, 4) is 0 Å². The van der Waals surface area contributed by atoms with Gasteiger partial charge in [0.1, 0.15) is 5.82 Å². The fourth-order valence-corrected chi connectivity index (χ4v) is 6.59. The zero-order valence-electron chi connectivity index (χ0n) is 18.2. The maximum absolute atomic E-state index is 5.08. The molecule has 2 saturated carbocycles. The van der Waals surface area contributed by atoms with E-state index in [-0.39, 0.29) is 0 Å². The molecule has 5 rings (SSSR count). The highest BCUT2D eigenvalue weighted by Crippen LogP contribution is 2.53. The van der Waals surface area contributed by atoms with Gasteiger partial charge in [0.25, 0.3) is 0 Å². The molecule has 0 amide bonds. The Morgan fingerprint density at radius 1 is 1.07 bits per heavy atom. The minimum Gasteiger partial charge on any atom is -0.366 e. The predicted octanol–water partition coefficient (Wildman–Crippen LogP) is 6.03. The lowest BCUT2D eigenvalue weighted by Gasteiger charge is -2.51. The minimum absolute atomic E-state index is 0.428. The van der Waals surface area contributed by atoms with Gasteiger partial charge in [-0.1, -0.05) is 31.9 Å². The minimum atomic E-state index is 0.428. The Balaban J connectivity index is 1.47. The molecule has 4 atom stereocenters. The molecule has 3 fully saturated rings. The van der Waals surface area contributed by atoms with Crippen molar-refractivity contribution in [2.45, 2.75) is 77.7 Å². The number of fused-ring (bicyclic) bond motifs is 3. The van der Waals surface area contributed by atoms with Gasteiger partial charge in [-0.15, -0.1) is 0 Å². The molecule has 2 aromatic rings. The van der Waals surface area contributed by atoms with E-state index in [1.165, 1.54) is 57.8 Å². The largest absolute Gasteiger partial charge is 0.366 e. The smallest absolute Gasteiger partial charge is 0.227 e. The van der Waals surface area contributed by atoms with E-state index in [0.717, 1.165) is 47.6 Å². The highest BCUT2D eigenvalue weighted by molar-refractivity contribution is 5.90. The van der Waals surface area contributed by atoms with E-state index in [1.807, 2.05) is 0 Å². The molecule has 0 spiro atoms. The van der Waals surface area contributed by atoms with Crippen LogP contribution in [0.1, 0.15) is 71.6 Å². The lowest BCUT2D eigenvalue weighted by Crippen LogP contribution is -2.46. The van der Waals surface area contributed by atoms with Crippen molar-refractivity contribution < 1.29 is 0 Å². The summed E-state index contributed by atoms with van der Waals surface area (Å²) in [5.41, 5.74) is 1.49. The molecule has 4 unspecified atom stereocenters. The third kappa shape index (κ3) is 3.71. The molecule has 1 aliphatic heterocycles. The topological polar surface area (TPSA) is 41.1 Å². The van der Waals surface area contributed by atoms with Crippen molar-refractivity contribution in [3.63, 3.8) is 0 Å². The second-order valence-corrected chi connectivity index (χ2v) is 10.2. The number of benzene rings is 1. The molecule has 29 heavy (non-hydrogen) atoms. The molecule has 2 bridgehead atoms. The predicted molar refractivity (Wildman–Crippen MR) is 121 cm³/mol. The van der Waals surface area contributed by atoms with Crippen LogP contribution in [0.5, 0.6) is 0 Å². The maximum Gasteiger partial charge on any atom is 0.227 e. The van der Waals surface area contributed by atoms with Gasteiger partial charge in [0.15, 0.2) is 0 Å². The first-order valence-corrected chi connectivity index (χ1v) is 11.9. The molecule has 1 N–H and O–H groups in total. The van der Waals surface area contributed by atoms with Crippen LogP contribution in [0.3, 0.4) is 0 Å². The van der Waals surface area contributed by atoms with E-state index < -0.39 is 0 Å². The third-order valence-electron chi connectivity index (χ3n) is 7.98. The van der Waals surface area contributed by atoms with Crippen LogP contribution < -0.4 is 10.2 Å². The van der Waals surface area contributed by atoms with Gasteiger partial charge >= 0.3 is 0 Å². The van der Waals surface area contributed by atoms with Gasteiger partial charge in [0.2, 0.25) is 5.95 Å². The SMILES string of the molecule is CC1CC2CCCC(C(C)Nc3nc(N4CCCCC4)nc4ccccc34)(C1)C2. The summed E-state index contributed by atoms with van der Waals surface area (Å²) in [6.07, 6.45) is 12.2. The molecule has 3 aliphatic rings. The second-order valence-electron chi connectivity index (χ2n) is 10.2. The van der Waals surface area contributed by atoms with Crippen LogP contribution in [0.15, 0.2) is 24.3 Å². The number of anilines is 2. The van der Waals surface area contributed by atoms with Gasteiger partial charge in [-0.3, -0.25) is 0 Å². The number of rotatable bonds is 4. The van der Waals surface area contributed by atoms with Gasteiger partial charge in [0.05, 0.1) is 5.52 Å². The number of aromatic nitrogens is 2. The third-order valence-corrected chi connectivity index (χ3v) is 7.98. The van der Waals surface area contributed by atoms with Gasteiger partial charge in [-0.2, -0.15) is 4.98 Å². The summed E-state index contributed by atoms with van der Waals surface area (Å²) >= 11 is 0. The molecule has 0 radical (unpaired) electrons. The number of hydrogen-bond acceptors (Lipinski definition) is 4. The average molecular weight is 393 g/mol. The second kappa shape index (κ2) is 7.77. The highest BCUT2D eigenvalue weighted by atomic mass is 15.3. The van der Waals surface area contributed by atoms with Gasteiger partial charge < -0.3 is 10.2 Å². The first-order chi connectivity index (χ1) is 14.1. The molecule has 1 aromatic carbocycles. The number of nitrogens with zero attached hydrogens (tertiary/aromatic N) is 3. The Morgan fingerprint density at radius 2 is 1.90 bits per heavy atom. The van der Waals surface area contributed by atoms with Crippen LogP contribution in [-0.2, 0) is 0 Å². The van der Waals surface area contributed by atoms with E-state index in [9.17, 15) is 0 Å². The Bertz CT molecular complexity index is 855. The van der Waals surface area contributed by atoms with Gasteiger partial charge in [-0.25, -0.2) is 4.98 Å². The molecule has 1 saturated heterocycles. The summed E-state index contributed by atoms with van der Waals surface area (Å²) in [6.45, 7) is 7.04. The van der Waals surface area contributed by atoms with Crippen LogP contribution in [-0.4, -0.2) is 29.1 Å². The summed E-state index contributed by atoms with van der Waals surface area (Å²) in [5.74, 6) is 3.74. The molecule has 2 heterocycles. The van der Waals surface area contributed by atoms with E-state index in [0.29, 0.717) is 11.5 Å². The molecular weight excluding hydrogens is 356 g/mol. The van der Waals surface area contributed by atoms with Crippen LogP contribution in [0.2, 0.25) is 0 Å². The van der Waals surface area contributed by atoms with Crippen LogP contribution in [0.25, 0.3) is 10.9 Å². The van der Waals surface area contributed by atoms with Crippen LogP contribution in [0.4, 0.5) is 11.8 Å². The number of piperidine rings is 1. The van der Waals surface area contributed by atoms with Crippen molar-refractivity contribution in [3.05, 3.63) is 24.3 Å². The van der Waals surface area contributed by atoms with E-state index in [1.54, 1.807) is 0 Å². The zero-order chi connectivity index (χ0) is 19.8. The Hall–Kier alpha value is -1.84. The molecule has 2 aliphatic carbocycles. The number of para-hydroxylation sites is 1.